The number of aromatic nitrogens is 1. The maximum atomic E-state index is 5.41. The fourth-order valence-corrected chi connectivity index (χ4v) is 2.03. The number of aryl methyl sites for hydroxylation is 1. The van der Waals surface area contributed by atoms with Crippen molar-refractivity contribution in [2.24, 2.45) is 0 Å². The van der Waals surface area contributed by atoms with Gasteiger partial charge in [-0.1, -0.05) is 13.0 Å². The Kier molecular flexibility index (Phi) is 3.94. The van der Waals surface area contributed by atoms with Gasteiger partial charge in [-0.3, -0.25) is 4.98 Å². The van der Waals surface area contributed by atoms with Gasteiger partial charge in [-0.05, 0) is 37.2 Å². The molecule has 0 saturated heterocycles. The summed E-state index contributed by atoms with van der Waals surface area (Å²) >= 11 is 0. The van der Waals surface area contributed by atoms with Crippen LogP contribution in [0.4, 0.5) is 0 Å². The van der Waals surface area contributed by atoms with E-state index in [4.69, 9.17) is 4.42 Å². The van der Waals surface area contributed by atoms with Crippen LogP contribution in [0, 0.1) is 6.92 Å². The standard InChI is InChI=1S/C14H18N2O/c1-3-15-14(10-12-6-5-9-17-12)13-7-4-8-16-11(13)2/h4-9,14-15H,3,10H2,1-2H3. The summed E-state index contributed by atoms with van der Waals surface area (Å²) in [4.78, 5) is 4.34. The lowest BCUT2D eigenvalue weighted by Gasteiger charge is -2.18. The molecule has 0 amide bonds. The Balaban J connectivity index is 2.20. The molecule has 0 saturated carbocycles. The molecule has 3 nitrogen and oxygen atoms in total. The first-order valence-electron chi connectivity index (χ1n) is 5.98. The Morgan fingerprint density at radius 1 is 1.35 bits per heavy atom. The average Bonchev–Trinajstić information content (AvgIpc) is 2.82. The van der Waals surface area contributed by atoms with Crippen LogP contribution in [0.5, 0.6) is 0 Å². The van der Waals surface area contributed by atoms with Crippen LogP contribution in [0.2, 0.25) is 0 Å². The number of hydrogen-bond donors (Lipinski definition) is 1. The van der Waals surface area contributed by atoms with E-state index < -0.39 is 0 Å². The van der Waals surface area contributed by atoms with E-state index in [-0.39, 0.29) is 6.04 Å². The van der Waals surface area contributed by atoms with E-state index in [1.54, 1.807) is 6.26 Å². The van der Waals surface area contributed by atoms with Crippen molar-refractivity contribution in [1.29, 1.82) is 0 Å². The van der Waals surface area contributed by atoms with Crippen molar-refractivity contribution in [2.75, 3.05) is 6.54 Å². The zero-order chi connectivity index (χ0) is 12.1. The Morgan fingerprint density at radius 2 is 2.24 bits per heavy atom. The van der Waals surface area contributed by atoms with Gasteiger partial charge in [0.25, 0.3) is 0 Å². The molecule has 1 atom stereocenters. The summed E-state index contributed by atoms with van der Waals surface area (Å²) in [5, 5.41) is 3.48. The van der Waals surface area contributed by atoms with Crippen LogP contribution in [0.3, 0.4) is 0 Å². The highest BCUT2D eigenvalue weighted by molar-refractivity contribution is 5.24. The van der Waals surface area contributed by atoms with Gasteiger partial charge in [-0.25, -0.2) is 0 Å². The first kappa shape index (κ1) is 11.9. The van der Waals surface area contributed by atoms with E-state index in [9.17, 15) is 0 Å². The molecule has 1 N–H and O–H groups in total. The van der Waals surface area contributed by atoms with Crippen LogP contribution in [0.25, 0.3) is 0 Å². The summed E-state index contributed by atoms with van der Waals surface area (Å²) < 4.78 is 5.41. The van der Waals surface area contributed by atoms with E-state index in [0.29, 0.717) is 0 Å². The highest BCUT2D eigenvalue weighted by Gasteiger charge is 2.14. The molecule has 90 valence electrons. The average molecular weight is 230 g/mol. The van der Waals surface area contributed by atoms with Gasteiger partial charge in [-0.15, -0.1) is 0 Å². The predicted molar refractivity (Wildman–Crippen MR) is 67.8 cm³/mol. The largest absolute Gasteiger partial charge is 0.469 e. The lowest BCUT2D eigenvalue weighted by Crippen LogP contribution is -2.23. The summed E-state index contributed by atoms with van der Waals surface area (Å²) in [5.41, 5.74) is 2.32. The predicted octanol–water partition coefficient (Wildman–Crippen LogP) is 2.88. The van der Waals surface area contributed by atoms with E-state index in [1.165, 1.54) is 5.56 Å². The van der Waals surface area contributed by atoms with Crippen molar-refractivity contribution >= 4 is 0 Å². The number of nitrogens with one attached hydrogen (secondary N) is 1. The van der Waals surface area contributed by atoms with Crippen LogP contribution < -0.4 is 5.32 Å². The normalized spacial score (nSPS) is 12.6. The molecule has 0 aromatic carbocycles. The third-order valence-electron chi connectivity index (χ3n) is 2.86. The van der Waals surface area contributed by atoms with Gasteiger partial charge in [0.1, 0.15) is 5.76 Å². The van der Waals surface area contributed by atoms with Gasteiger partial charge in [0.15, 0.2) is 0 Å². The molecule has 2 rings (SSSR count). The Labute approximate surface area is 102 Å². The molecule has 0 bridgehead atoms. The smallest absolute Gasteiger partial charge is 0.105 e. The Morgan fingerprint density at radius 3 is 2.88 bits per heavy atom. The lowest BCUT2D eigenvalue weighted by molar-refractivity contribution is 0.453. The highest BCUT2D eigenvalue weighted by atomic mass is 16.3. The molecule has 0 aliphatic rings. The van der Waals surface area contributed by atoms with E-state index in [0.717, 1.165) is 24.4 Å². The summed E-state index contributed by atoms with van der Waals surface area (Å²) in [5.74, 6) is 0.999. The third-order valence-corrected chi connectivity index (χ3v) is 2.86. The first-order chi connectivity index (χ1) is 8.31. The number of furan rings is 1. The molecule has 0 radical (unpaired) electrons. The van der Waals surface area contributed by atoms with E-state index in [1.807, 2.05) is 31.3 Å². The van der Waals surface area contributed by atoms with Gasteiger partial charge < -0.3 is 9.73 Å². The minimum atomic E-state index is 0.264. The molecule has 17 heavy (non-hydrogen) atoms. The van der Waals surface area contributed by atoms with Crippen molar-refractivity contribution in [3.05, 3.63) is 53.7 Å². The highest BCUT2D eigenvalue weighted by Crippen LogP contribution is 2.20. The molecular weight excluding hydrogens is 212 g/mol. The SMILES string of the molecule is CCNC(Cc1ccco1)c1cccnc1C. The second kappa shape index (κ2) is 5.64. The molecule has 2 aromatic heterocycles. The van der Waals surface area contributed by atoms with Crippen LogP contribution in [-0.4, -0.2) is 11.5 Å². The zero-order valence-electron chi connectivity index (χ0n) is 10.3. The molecule has 2 aromatic rings. The monoisotopic (exact) mass is 230 g/mol. The van der Waals surface area contributed by atoms with Crippen LogP contribution in [0.1, 0.15) is 30.0 Å². The van der Waals surface area contributed by atoms with Gasteiger partial charge in [0.2, 0.25) is 0 Å². The topological polar surface area (TPSA) is 38.1 Å². The molecule has 3 heteroatoms. The second-order valence-electron chi connectivity index (χ2n) is 4.07. The minimum Gasteiger partial charge on any atom is -0.469 e. The third kappa shape index (κ3) is 2.94. The van der Waals surface area contributed by atoms with E-state index >= 15 is 0 Å². The number of pyridine rings is 1. The van der Waals surface area contributed by atoms with Gasteiger partial charge in [0.05, 0.1) is 6.26 Å². The first-order valence-corrected chi connectivity index (χ1v) is 5.98. The van der Waals surface area contributed by atoms with Crippen molar-refractivity contribution in [1.82, 2.24) is 10.3 Å². The molecule has 0 aliphatic carbocycles. The van der Waals surface area contributed by atoms with Crippen molar-refractivity contribution in [2.45, 2.75) is 26.3 Å². The van der Waals surface area contributed by atoms with Gasteiger partial charge in [-0.2, -0.15) is 0 Å². The lowest BCUT2D eigenvalue weighted by atomic mass is 10.0. The summed E-state index contributed by atoms with van der Waals surface area (Å²) in [6.07, 6.45) is 4.40. The maximum Gasteiger partial charge on any atom is 0.105 e. The van der Waals surface area contributed by atoms with Crippen molar-refractivity contribution in [3.63, 3.8) is 0 Å². The molecule has 0 spiro atoms. The minimum absolute atomic E-state index is 0.264. The Bertz CT molecular complexity index is 451. The molecule has 0 aliphatic heterocycles. The van der Waals surface area contributed by atoms with Gasteiger partial charge in [0, 0.05) is 24.4 Å². The number of rotatable bonds is 5. The fourth-order valence-electron chi connectivity index (χ4n) is 2.03. The maximum absolute atomic E-state index is 5.41. The Hall–Kier alpha value is -1.61. The fraction of sp³-hybridized carbons (Fsp3) is 0.357. The van der Waals surface area contributed by atoms with Crippen LogP contribution in [-0.2, 0) is 6.42 Å². The molecule has 2 heterocycles. The van der Waals surface area contributed by atoms with Gasteiger partial charge >= 0.3 is 0 Å². The number of nitrogens with zero attached hydrogens (tertiary/aromatic N) is 1. The van der Waals surface area contributed by atoms with Crippen LogP contribution in [0.15, 0.2) is 41.1 Å². The van der Waals surface area contributed by atoms with Crippen molar-refractivity contribution in [3.8, 4) is 0 Å². The summed E-state index contributed by atoms with van der Waals surface area (Å²) in [6, 6.07) is 8.30. The summed E-state index contributed by atoms with van der Waals surface area (Å²) in [6.45, 7) is 5.09. The zero-order valence-corrected chi connectivity index (χ0v) is 10.3. The number of likely N-dealkylation sites (N-methyl/N-ethyl adjacent to an activating group) is 1. The number of hydrogen-bond acceptors (Lipinski definition) is 3. The molecule has 0 fully saturated rings. The van der Waals surface area contributed by atoms with Crippen molar-refractivity contribution < 1.29 is 4.42 Å². The molecular formula is C14H18N2O. The second-order valence-corrected chi connectivity index (χ2v) is 4.07. The van der Waals surface area contributed by atoms with Crippen LogP contribution >= 0.6 is 0 Å². The molecule has 1 unspecified atom stereocenters. The van der Waals surface area contributed by atoms with E-state index in [2.05, 4.69) is 23.3 Å². The quantitative estimate of drug-likeness (QED) is 0.858. The summed E-state index contributed by atoms with van der Waals surface area (Å²) in [7, 11) is 0.